The van der Waals surface area contributed by atoms with Gasteiger partial charge >= 0.3 is 0 Å². The largest absolute Gasteiger partial charge is 0.507 e. The number of nitrogens with zero attached hydrogens (tertiary/aromatic N) is 2. The molecule has 5 nitrogen and oxygen atoms in total. The first kappa shape index (κ1) is 22.3. The van der Waals surface area contributed by atoms with Crippen LogP contribution in [0.1, 0.15) is 81.2 Å². The van der Waals surface area contributed by atoms with E-state index in [1.807, 2.05) is 37.3 Å². The number of ketones is 1. The monoisotopic (exact) mass is 432 g/mol. The second-order valence-electron chi connectivity index (χ2n) is 10.1. The van der Waals surface area contributed by atoms with Crippen LogP contribution in [0.4, 0.5) is 0 Å². The Morgan fingerprint density at radius 1 is 1.09 bits per heavy atom. The zero-order valence-electron chi connectivity index (χ0n) is 19.4. The van der Waals surface area contributed by atoms with Gasteiger partial charge in [-0.3, -0.25) is 14.6 Å². The summed E-state index contributed by atoms with van der Waals surface area (Å²) in [5, 5.41) is 11.5. The lowest BCUT2D eigenvalue weighted by Crippen LogP contribution is -2.40. The average molecular weight is 433 g/mol. The number of aliphatic hydroxyl groups is 1. The highest BCUT2D eigenvalue weighted by Crippen LogP contribution is 2.43. The molecule has 2 aromatic rings. The first-order valence-corrected chi connectivity index (χ1v) is 11.5. The number of hydrogen-bond acceptors (Lipinski definition) is 4. The van der Waals surface area contributed by atoms with Gasteiger partial charge in [0.25, 0.3) is 11.7 Å². The summed E-state index contributed by atoms with van der Waals surface area (Å²) < 4.78 is 0. The molecule has 0 radical (unpaired) electrons. The Kier molecular flexibility index (Phi) is 5.93. The molecule has 1 aliphatic carbocycles. The first-order valence-electron chi connectivity index (χ1n) is 11.5. The first-order chi connectivity index (χ1) is 15.2. The van der Waals surface area contributed by atoms with E-state index < -0.39 is 17.7 Å². The van der Waals surface area contributed by atoms with Crippen LogP contribution in [-0.4, -0.2) is 32.7 Å². The van der Waals surface area contributed by atoms with E-state index >= 15 is 0 Å². The highest BCUT2D eigenvalue weighted by molar-refractivity contribution is 6.46. The SMILES string of the molecule is Cc1ccc(C(C)(C)C)cc1/C(O)=C1\C(=O)C(=O)N(C2CCCCC2)C1c1cccnc1. The predicted octanol–water partition coefficient (Wildman–Crippen LogP) is 5.44. The predicted molar refractivity (Wildman–Crippen MR) is 125 cm³/mol. The molecule has 1 aliphatic heterocycles. The van der Waals surface area contributed by atoms with E-state index in [1.165, 1.54) is 0 Å². The van der Waals surface area contributed by atoms with Gasteiger partial charge in [-0.15, -0.1) is 0 Å². The van der Waals surface area contributed by atoms with Crippen molar-refractivity contribution in [2.24, 2.45) is 0 Å². The highest BCUT2D eigenvalue weighted by Gasteiger charge is 2.49. The summed E-state index contributed by atoms with van der Waals surface area (Å²) in [6.07, 6.45) is 8.35. The maximum Gasteiger partial charge on any atom is 0.295 e. The molecule has 1 N–H and O–H groups in total. The zero-order valence-corrected chi connectivity index (χ0v) is 19.4. The van der Waals surface area contributed by atoms with E-state index in [1.54, 1.807) is 17.3 Å². The summed E-state index contributed by atoms with van der Waals surface area (Å²) in [6, 6.07) is 9.02. The zero-order chi connectivity index (χ0) is 23.0. The minimum atomic E-state index is -0.621. The number of carbonyl (C=O) groups excluding carboxylic acids is 2. The quantitative estimate of drug-likeness (QED) is 0.398. The lowest BCUT2D eigenvalue weighted by molar-refractivity contribution is -0.141. The Morgan fingerprint density at radius 3 is 2.44 bits per heavy atom. The molecule has 1 saturated carbocycles. The molecule has 1 amide bonds. The van der Waals surface area contributed by atoms with E-state index in [2.05, 4.69) is 25.8 Å². The third kappa shape index (κ3) is 3.96. The molecule has 2 fully saturated rings. The molecular weight excluding hydrogens is 400 g/mol. The van der Waals surface area contributed by atoms with Crippen LogP contribution < -0.4 is 0 Å². The van der Waals surface area contributed by atoms with E-state index in [0.717, 1.165) is 48.8 Å². The van der Waals surface area contributed by atoms with Crippen molar-refractivity contribution < 1.29 is 14.7 Å². The molecule has 0 spiro atoms. The molecule has 5 heteroatoms. The number of carbonyl (C=O) groups is 2. The van der Waals surface area contributed by atoms with E-state index in [-0.39, 0.29) is 22.8 Å². The van der Waals surface area contributed by atoms with Crippen LogP contribution >= 0.6 is 0 Å². The van der Waals surface area contributed by atoms with Gasteiger partial charge in [0.2, 0.25) is 0 Å². The molecule has 1 atom stereocenters. The number of benzene rings is 1. The normalized spacial score (nSPS) is 21.9. The lowest BCUT2D eigenvalue weighted by Gasteiger charge is -2.35. The molecule has 0 bridgehead atoms. The van der Waals surface area contributed by atoms with Crippen molar-refractivity contribution in [2.75, 3.05) is 0 Å². The minimum absolute atomic E-state index is 0.00212. The molecule has 4 rings (SSSR count). The molecule has 2 aliphatic rings. The van der Waals surface area contributed by atoms with Crippen molar-refractivity contribution in [1.29, 1.82) is 0 Å². The second-order valence-corrected chi connectivity index (χ2v) is 10.1. The van der Waals surface area contributed by atoms with Crippen LogP contribution in [0, 0.1) is 6.92 Å². The van der Waals surface area contributed by atoms with Gasteiger partial charge in [-0.1, -0.05) is 58.2 Å². The molecule has 1 aromatic carbocycles. The summed E-state index contributed by atoms with van der Waals surface area (Å²) in [6.45, 7) is 8.25. The number of aromatic nitrogens is 1. The lowest BCUT2D eigenvalue weighted by atomic mass is 9.84. The van der Waals surface area contributed by atoms with Gasteiger partial charge in [-0.2, -0.15) is 0 Å². The van der Waals surface area contributed by atoms with Gasteiger partial charge in [0.15, 0.2) is 0 Å². The van der Waals surface area contributed by atoms with Crippen LogP contribution in [0.25, 0.3) is 5.76 Å². The fourth-order valence-electron chi connectivity index (χ4n) is 4.94. The van der Waals surface area contributed by atoms with Gasteiger partial charge in [0, 0.05) is 24.0 Å². The second kappa shape index (κ2) is 8.53. The number of aliphatic hydroxyl groups excluding tert-OH is 1. The van der Waals surface area contributed by atoms with E-state index in [9.17, 15) is 14.7 Å². The fourth-order valence-corrected chi connectivity index (χ4v) is 4.94. The summed E-state index contributed by atoms with van der Waals surface area (Å²) in [7, 11) is 0. The Morgan fingerprint density at radius 2 is 1.81 bits per heavy atom. The number of rotatable bonds is 3. The van der Waals surface area contributed by atoms with Crippen LogP contribution in [0.2, 0.25) is 0 Å². The molecule has 2 heterocycles. The van der Waals surface area contributed by atoms with E-state index in [4.69, 9.17) is 0 Å². The number of likely N-dealkylation sites (tertiary alicyclic amines) is 1. The Hall–Kier alpha value is -2.95. The maximum absolute atomic E-state index is 13.3. The van der Waals surface area contributed by atoms with Gasteiger partial charge in [0.05, 0.1) is 11.6 Å². The maximum atomic E-state index is 13.3. The number of Topliss-reactive ketones (excluding diaryl/α,β-unsaturated/α-hetero) is 1. The van der Waals surface area contributed by atoms with E-state index in [0.29, 0.717) is 5.56 Å². The van der Waals surface area contributed by atoms with Crippen LogP contribution in [-0.2, 0) is 15.0 Å². The molecular formula is C27H32N2O3. The number of pyridine rings is 1. The Bertz CT molecular complexity index is 1060. The summed E-state index contributed by atoms with van der Waals surface area (Å²) in [5.74, 6) is -1.22. The van der Waals surface area contributed by atoms with Gasteiger partial charge in [0.1, 0.15) is 5.76 Å². The fraction of sp³-hybridized carbons (Fsp3) is 0.444. The van der Waals surface area contributed by atoms with Gasteiger partial charge < -0.3 is 10.0 Å². The summed E-state index contributed by atoms with van der Waals surface area (Å²) in [5.41, 5.74) is 3.34. The molecule has 32 heavy (non-hydrogen) atoms. The Labute approximate surface area is 190 Å². The standard InChI is InChI=1S/C27H32N2O3/c1-17-12-13-19(27(2,3)4)15-21(17)24(30)22-23(18-9-8-14-28-16-18)29(26(32)25(22)31)20-10-6-5-7-11-20/h8-9,12-16,20,23,30H,5-7,10-11H2,1-4H3/b24-22+. The smallest absolute Gasteiger partial charge is 0.295 e. The summed E-state index contributed by atoms with van der Waals surface area (Å²) >= 11 is 0. The van der Waals surface area contributed by atoms with Crippen molar-refractivity contribution >= 4 is 17.4 Å². The third-order valence-corrected chi connectivity index (χ3v) is 6.81. The number of hydrogen-bond donors (Lipinski definition) is 1. The highest BCUT2D eigenvalue weighted by atomic mass is 16.3. The van der Waals surface area contributed by atoms with Crippen molar-refractivity contribution in [1.82, 2.24) is 9.88 Å². The molecule has 1 aromatic heterocycles. The van der Waals surface area contributed by atoms with Crippen LogP contribution in [0.15, 0.2) is 48.3 Å². The van der Waals surface area contributed by atoms with Crippen molar-refractivity contribution in [3.05, 3.63) is 70.6 Å². The Balaban J connectivity index is 1.90. The van der Waals surface area contributed by atoms with Gasteiger partial charge in [-0.25, -0.2) is 0 Å². The molecule has 168 valence electrons. The average Bonchev–Trinajstić information content (AvgIpc) is 3.04. The molecule has 1 unspecified atom stereocenters. The topological polar surface area (TPSA) is 70.5 Å². The van der Waals surface area contributed by atoms with Gasteiger partial charge in [-0.05, 0) is 54.0 Å². The molecule has 1 saturated heterocycles. The third-order valence-electron chi connectivity index (χ3n) is 6.81. The van der Waals surface area contributed by atoms with Crippen LogP contribution in [0.5, 0.6) is 0 Å². The van der Waals surface area contributed by atoms with Crippen molar-refractivity contribution in [3.63, 3.8) is 0 Å². The van der Waals surface area contributed by atoms with Crippen molar-refractivity contribution in [2.45, 2.75) is 77.3 Å². The number of aryl methyl sites for hydroxylation is 1. The van der Waals surface area contributed by atoms with Crippen LogP contribution in [0.3, 0.4) is 0 Å². The van der Waals surface area contributed by atoms with Crippen molar-refractivity contribution in [3.8, 4) is 0 Å². The number of amides is 1. The summed E-state index contributed by atoms with van der Waals surface area (Å²) in [4.78, 5) is 32.5. The minimum Gasteiger partial charge on any atom is -0.507 e.